The van der Waals surface area contributed by atoms with E-state index in [1.54, 1.807) is 0 Å². The van der Waals surface area contributed by atoms with Crippen molar-refractivity contribution in [2.75, 3.05) is 6.54 Å². The van der Waals surface area contributed by atoms with Gasteiger partial charge in [-0.15, -0.1) is 0 Å². The predicted octanol–water partition coefficient (Wildman–Crippen LogP) is 3.09. The van der Waals surface area contributed by atoms with Crippen LogP contribution in [0.15, 0.2) is 48.5 Å². The molecule has 4 heteroatoms. The van der Waals surface area contributed by atoms with Gasteiger partial charge in [0.15, 0.2) is 0 Å². The summed E-state index contributed by atoms with van der Waals surface area (Å²) in [6.45, 7) is 3.90. The zero-order valence-electron chi connectivity index (χ0n) is 12.7. The standard InChI is InChI=1S/C18H20FNO2/c1-12-4-3-5-15(10-12)13(2)18(22)20-11-17(21)14-6-8-16(19)9-7-14/h3-10,13,17,21H,11H2,1-2H3,(H,20,22). The van der Waals surface area contributed by atoms with Gasteiger partial charge in [0.1, 0.15) is 5.82 Å². The Morgan fingerprint density at radius 3 is 2.50 bits per heavy atom. The van der Waals surface area contributed by atoms with Crippen molar-refractivity contribution < 1.29 is 14.3 Å². The first kappa shape index (κ1) is 16.2. The van der Waals surface area contributed by atoms with Crippen molar-refractivity contribution in [3.8, 4) is 0 Å². The van der Waals surface area contributed by atoms with Crippen LogP contribution in [-0.2, 0) is 4.79 Å². The molecular formula is C18H20FNO2. The van der Waals surface area contributed by atoms with E-state index in [4.69, 9.17) is 0 Å². The molecule has 0 aliphatic carbocycles. The van der Waals surface area contributed by atoms with Gasteiger partial charge in [-0.2, -0.15) is 0 Å². The first-order chi connectivity index (χ1) is 10.5. The molecule has 0 fully saturated rings. The van der Waals surface area contributed by atoms with Gasteiger partial charge in [0, 0.05) is 6.54 Å². The summed E-state index contributed by atoms with van der Waals surface area (Å²) in [6, 6.07) is 13.4. The number of carbonyl (C=O) groups is 1. The summed E-state index contributed by atoms with van der Waals surface area (Å²) in [4.78, 5) is 12.2. The fourth-order valence-corrected chi connectivity index (χ4v) is 2.24. The van der Waals surface area contributed by atoms with Gasteiger partial charge in [-0.1, -0.05) is 42.0 Å². The van der Waals surface area contributed by atoms with Crippen LogP contribution >= 0.6 is 0 Å². The summed E-state index contributed by atoms with van der Waals surface area (Å²) >= 11 is 0. The number of carbonyl (C=O) groups excluding carboxylic acids is 1. The fourth-order valence-electron chi connectivity index (χ4n) is 2.24. The van der Waals surface area contributed by atoms with Crippen LogP contribution in [-0.4, -0.2) is 17.6 Å². The highest BCUT2D eigenvalue weighted by molar-refractivity contribution is 5.83. The number of halogens is 1. The van der Waals surface area contributed by atoms with Crippen LogP contribution in [0.4, 0.5) is 4.39 Å². The largest absolute Gasteiger partial charge is 0.387 e. The third-order valence-electron chi connectivity index (χ3n) is 3.66. The molecular weight excluding hydrogens is 281 g/mol. The minimum Gasteiger partial charge on any atom is -0.387 e. The Morgan fingerprint density at radius 1 is 1.18 bits per heavy atom. The maximum absolute atomic E-state index is 12.8. The van der Waals surface area contributed by atoms with Gasteiger partial charge in [-0.3, -0.25) is 4.79 Å². The molecule has 0 bridgehead atoms. The highest BCUT2D eigenvalue weighted by atomic mass is 19.1. The normalized spacial score (nSPS) is 13.5. The minimum absolute atomic E-state index is 0.0978. The monoisotopic (exact) mass is 301 g/mol. The van der Waals surface area contributed by atoms with E-state index >= 15 is 0 Å². The Kier molecular flexibility index (Phi) is 5.28. The second-order valence-electron chi connectivity index (χ2n) is 5.45. The van der Waals surface area contributed by atoms with Crippen molar-refractivity contribution in [2.45, 2.75) is 25.9 Å². The van der Waals surface area contributed by atoms with Crippen molar-refractivity contribution >= 4 is 5.91 Å². The zero-order valence-corrected chi connectivity index (χ0v) is 12.7. The quantitative estimate of drug-likeness (QED) is 0.891. The number of benzene rings is 2. The number of aryl methyl sites for hydroxylation is 1. The number of aliphatic hydroxyl groups excluding tert-OH is 1. The molecule has 2 rings (SSSR count). The third kappa shape index (κ3) is 4.15. The van der Waals surface area contributed by atoms with Gasteiger partial charge in [0.25, 0.3) is 0 Å². The van der Waals surface area contributed by atoms with Crippen LogP contribution in [0.25, 0.3) is 0 Å². The lowest BCUT2D eigenvalue weighted by molar-refractivity contribution is -0.122. The molecule has 116 valence electrons. The van der Waals surface area contributed by atoms with E-state index in [-0.39, 0.29) is 24.2 Å². The van der Waals surface area contributed by atoms with E-state index in [2.05, 4.69) is 5.32 Å². The average molecular weight is 301 g/mol. The molecule has 0 aromatic heterocycles. The molecule has 0 saturated carbocycles. The second kappa shape index (κ2) is 7.18. The SMILES string of the molecule is Cc1cccc(C(C)C(=O)NCC(O)c2ccc(F)cc2)c1. The van der Waals surface area contributed by atoms with Crippen LogP contribution in [0.1, 0.15) is 35.6 Å². The van der Waals surface area contributed by atoms with E-state index in [9.17, 15) is 14.3 Å². The van der Waals surface area contributed by atoms with Gasteiger partial charge >= 0.3 is 0 Å². The van der Waals surface area contributed by atoms with E-state index in [1.165, 1.54) is 24.3 Å². The van der Waals surface area contributed by atoms with Crippen molar-refractivity contribution in [1.29, 1.82) is 0 Å². The molecule has 2 aromatic rings. The smallest absolute Gasteiger partial charge is 0.227 e. The molecule has 0 spiro atoms. The number of rotatable bonds is 5. The van der Waals surface area contributed by atoms with E-state index in [0.29, 0.717) is 5.56 Å². The maximum atomic E-state index is 12.8. The fraction of sp³-hybridized carbons (Fsp3) is 0.278. The van der Waals surface area contributed by atoms with Crippen LogP contribution in [0, 0.1) is 12.7 Å². The van der Waals surface area contributed by atoms with Crippen molar-refractivity contribution in [3.63, 3.8) is 0 Å². The number of hydrogen-bond acceptors (Lipinski definition) is 2. The molecule has 22 heavy (non-hydrogen) atoms. The topological polar surface area (TPSA) is 49.3 Å². The van der Waals surface area contributed by atoms with Crippen molar-refractivity contribution in [2.24, 2.45) is 0 Å². The highest BCUT2D eigenvalue weighted by Crippen LogP contribution is 2.17. The first-order valence-corrected chi connectivity index (χ1v) is 7.25. The summed E-state index contributed by atoms with van der Waals surface area (Å²) < 4.78 is 12.8. The van der Waals surface area contributed by atoms with Gasteiger partial charge < -0.3 is 10.4 Å². The summed E-state index contributed by atoms with van der Waals surface area (Å²) in [7, 11) is 0. The lowest BCUT2D eigenvalue weighted by atomic mass is 9.98. The van der Waals surface area contributed by atoms with Crippen LogP contribution in [0.3, 0.4) is 0 Å². The molecule has 2 unspecified atom stereocenters. The molecule has 2 aromatic carbocycles. The average Bonchev–Trinajstić information content (AvgIpc) is 2.52. The Hall–Kier alpha value is -2.20. The summed E-state index contributed by atoms with van der Waals surface area (Å²) in [6.07, 6.45) is -0.853. The van der Waals surface area contributed by atoms with E-state index in [1.807, 2.05) is 38.1 Å². The van der Waals surface area contributed by atoms with E-state index < -0.39 is 6.10 Å². The zero-order chi connectivity index (χ0) is 16.1. The molecule has 1 amide bonds. The summed E-state index contributed by atoms with van der Waals surface area (Å²) in [5, 5.41) is 12.8. The van der Waals surface area contributed by atoms with Gasteiger partial charge in [0.2, 0.25) is 5.91 Å². The molecule has 0 aliphatic rings. The highest BCUT2D eigenvalue weighted by Gasteiger charge is 2.16. The molecule has 0 radical (unpaired) electrons. The Bertz CT molecular complexity index is 640. The maximum Gasteiger partial charge on any atom is 0.227 e. The Labute approximate surface area is 129 Å². The lowest BCUT2D eigenvalue weighted by Gasteiger charge is -2.16. The molecule has 2 N–H and O–H groups in total. The van der Waals surface area contributed by atoms with Gasteiger partial charge in [-0.25, -0.2) is 4.39 Å². The van der Waals surface area contributed by atoms with Gasteiger partial charge in [-0.05, 0) is 37.1 Å². The number of amides is 1. The molecule has 3 nitrogen and oxygen atoms in total. The minimum atomic E-state index is -0.853. The van der Waals surface area contributed by atoms with Gasteiger partial charge in [0.05, 0.1) is 12.0 Å². The summed E-state index contributed by atoms with van der Waals surface area (Å²) in [5.74, 6) is -0.792. The Morgan fingerprint density at radius 2 is 1.86 bits per heavy atom. The van der Waals surface area contributed by atoms with Crippen LogP contribution in [0.5, 0.6) is 0 Å². The van der Waals surface area contributed by atoms with Crippen molar-refractivity contribution in [1.82, 2.24) is 5.32 Å². The predicted molar refractivity (Wildman–Crippen MR) is 84.0 cm³/mol. The Balaban J connectivity index is 1.93. The van der Waals surface area contributed by atoms with Crippen LogP contribution < -0.4 is 5.32 Å². The summed E-state index contributed by atoms with van der Waals surface area (Å²) in [5.41, 5.74) is 2.61. The number of nitrogens with one attached hydrogen (secondary N) is 1. The second-order valence-corrected chi connectivity index (χ2v) is 5.45. The molecule has 0 aliphatic heterocycles. The third-order valence-corrected chi connectivity index (χ3v) is 3.66. The lowest BCUT2D eigenvalue weighted by Crippen LogP contribution is -2.31. The molecule has 0 saturated heterocycles. The number of aliphatic hydroxyl groups is 1. The molecule has 0 heterocycles. The van der Waals surface area contributed by atoms with E-state index in [0.717, 1.165) is 11.1 Å². The first-order valence-electron chi connectivity index (χ1n) is 7.25. The van der Waals surface area contributed by atoms with Crippen molar-refractivity contribution in [3.05, 3.63) is 71.0 Å². The number of hydrogen-bond donors (Lipinski definition) is 2. The van der Waals surface area contributed by atoms with Crippen LogP contribution in [0.2, 0.25) is 0 Å². The molecule has 2 atom stereocenters.